The number of imidazole rings is 1. The summed E-state index contributed by atoms with van der Waals surface area (Å²) in [4.78, 5) is 10.1. The number of hydrogen-bond acceptors (Lipinski definition) is 5. The number of rotatable bonds is 4. The van der Waals surface area contributed by atoms with Gasteiger partial charge < -0.3 is 5.11 Å². The molecule has 7 nitrogen and oxygen atoms in total. The van der Waals surface area contributed by atoms with E-state index in [4.69, 9.17) is 0 Å². The van der Waals surface area contributed by atoms with E-state index in [2.05, 4.69) is 15.1 Å². The lowest BCUT2D eigenvalue weighted by Gasteiger charge is -2.25. The molecule has 0 spiro atoms. The molecule has 1 fully saturated rings. The van der Waals surface area contributed by atoms with E-state index in [1.807, 2.05) is 4.90 Å². The minimum Gasteiger partial charge on any atom is -0.372 e. The van der Waals surface area contributed by atoms with E-state index >= 15 is 0 Å². The Balaban J connectivity index is 1.64. The van der Waals surface area contributed by atoms with Crippen LogP contribution in [0.1, 0.15) is 37.6 Å². The van der Waals surface area contributed by atoms with Crippen molar-refractivity contribution >= 4 is 16.6 Å². The Morgan fingerprint density at radius 1 is 1.00 bits per heavy atom. The van der Waals surface area contributed by atoms with Crippen LogP contribution in [-0.4, -0.2) is 53.4 Å². The van der Waals surface area contributed by atoms with E-state index in [1.165, 1.54) is 18.5 Å². The largest absolute Gasteiger partial charge is 0.408 e. The average Bonchev–Trinajstić information content (AvgIpc) is 3.21. The van der Waals surface area contributed by atoms with E-state index in [9.17, 15) is 27.1 Å². The molecule has 1 saturated heterocycles. The van der Waals surface area contributed by atoms with Gasteiger partial charge in [0.1, 0.15) is 18.1 Å². The van der Waals surface area contributed by atoms with Crippen molar-refractivity contribution in [3.8, 4) is 11.4 Å². The summed E-state index contributed by atoms with van der Waals surface area (Å²) in [5.41, 5.74) is 0.274. The van der Waals surface area contributed by atoms with Gasteiger partial charge in [0.25, 0.3) is 0 Å². The standard InChI is InChI=1S/C22H21F5N6O/c23-13-7-15(24)20-29-10-18(32(20)11-13)19-14-9-28-16(21(34)31-5-3-1-2-4-6-31)8-17(14)33(30-19)12-22(25,26)27/h7-11,21,34H,1-6,12H2. The fraction of sp³-hybridized carbons (Fsp3) is 0.409. The van der Waals surface area contributed by atoms with E-state index < -0.39 is 30.6 Å². The highest BCUT2D eigenvalue weighted by molar-refractivity contribution is 5.92. The monoisotopic (exact) mass is 480 g/mol. The fourth-order valence-corrected chi connectivity index (χ4v) is 4.42. The SMILES string of the molecule is OC(c1cc2c(cn1)c(-c1cnc3c(F)cc(F)cn13)nn2CC(F)(F)F)N1CCCCCC1. The summed E-state index contributed by atoms with van der Waals surface area (Å²) >= 11 is 0. The third-order valence-corrected chi connectivity index (χ3v) is 6.01. The maximum absolute atomic E-state index is 14.1. The van der Waals surface area contributed by atoms with Gasteiger partial charge in [-0.3, -0.25) is 19.0 Å². The number of pyridine rings is 2. The van der Waals surface area contributed by atoms with Crippen molar-refractivity contribution in [3.05, 3.63) is 48.1 Å². The molecular weight excluding hydrogens is 459 g/mol. The molecule has 1 N–H and O–H groups in total. The van der Waals surface area contributed by atoms with Crippen LogP contribution in [0.2, 0.25) is 0 Å². The Bertz CT molecular complexity index is 1340. The molecule has 12 heteroatoms. The third kappa shape index (κ3) is 4.23. The van der Waals surface area contributed by atoms with Crippen molar-refractivity contribution in [2.45, 2.75) is 44.6 Å². The minimum absolute atomic E-state index is 0.0417. The molecule has 0 amide bonds. The predicted molar refractivity (Wildman–Crippen MR) is 113 cm³/mol. The Morgan fingerprint density at radius 3 is 2.44 bits per heavy atom. The van der Waals surface area contributed by atoms with E-state index in [1.54, 1.807) is 0 Å². The zero-order valence-corrected chi connectivity index (χ0v) is 17.9. The average molecular weight is 480 g/mol. The second kappa shape index (κ2) is 8.58. The van der Waals surface area contributed by atoms with Crippen LogP contribution in [0.5, 0.6) is 0 Å². The number of alkyl halides is 3. The smallest absolute Gasteiger partial charge is 0.372 e. The van der Waals surface area contributed by atoms with Crippen LogP contribution in [-0.2, 0) is 6.54 Å². The normalized spacial score (nSPS) is 16.9. The Hall–Kier alpha value is -3.12. The van der Waals surface area contributed by atoms with Gasteiger partial charge in [0, 0.05) is 36.9 Å². The summed E-state index contributed by atoms with van der Waals surface area (Å²) in [6.07, 6.45) is 1.83. The molecule has 34 heavy (non-hydrogen) atoms. The predicted octanol–water partition coefficient (Wildman–Crippen LogP) is 4.45. The fourth-order valence-electron chi connectivity index (χ4n) is 4.42. The molecule has 0 bridgehead atoms. The van der Waals surface area contributed by atoms with Gasteiger partial charge in [0.15, 0.2) is 17.7 Å². The first-order chi connectivity index (χ1) is 16.2. The third-order valence-electron chi connectivity index (χ3n) is 6.01. The topological polar surface area (TPSA) is 71.5 Å². The van der Waals surface area contributed by atoms with Gasteiger partial charge in [-0.2, -0.15) is 18.3 Å². The number of likely N-dealkylation sites (tertiary alicyclic amines) is 1. The van der Waals surface area contributed by atoms with Crippen molar-refractivity contribution in [1.29, 1.82) is 0 Å². The molecule has 1 aliphatic heterocycles. The van der Waals surface area contributed by atoms with Crippen LogP contribution in [0.25, 0.3) is 27.9 Å². The molecular formula is C22H21F5N6O. The highest BCUT2D eigenvalue weighted by atomic mass is 19.4. The van der Waals surface area contributed by atoms with E-state index in [0.29, 0.717) is 19.2 Å². The summed E-state index contributed by atoms with van der Waals surface area (Å²) in [6, 6.07) is 2.06. The second-order valence-electron chi connectivity index (χ2n) is 8.41. The first kappa shape index (κ1) is 22.7. The molecule has 5 heterocycles. The summed E-state index contributed by atoms with van der Waals surface area (Å²) in [5.74, 6) is -1.78. The molecule has 180 valence electrons. The van der Waals surface area contributed by atoms with E-state index in [0.717, 1.165) is 41.0 Å². The Labute approximate surface area is 190 Å². The Morgan fingerprint density at radius 2 is 1.74 bits per heavy atom. The highest BCUT2D eigenvalue weighted by Gasteiger charge is 2.31. The summed E-state index contributed by atoms with van der Waals surface area (Å²) in [7, 11) is 0. The number of aliphatic hydroxyl groups is 1. The molecule has 1 atom stereocenters. The number of fused-ring (bicyclic) bond motifs is 2. The maximum Gasteiger partial charge on any atom is 0.408 e. The lowest BCUT2D eigenvalue weighted by molar-refractivity contribution is -0.141. The molecule has 1 unspecified atom stereocenters. The Kier molecular flexibility index (Phi) is 5.72. The van der Waals surface area contributed by atoms with Crippen molar-refractivity contribution < 1.29 is 27.1 Å². The van der Waals surface area contributed by atoms with Crippen LogP contribution in [0.4, 0.5) is 22.0 Å². The first-order valence-corrected chi connectivity index (χ1v) is 10.9. The van der Waals surface area contributed by atoms with Crippen LogP contribution in [0, 0.1) is 11.6 Å². The van der Waals surface area contributed by atoms with Crippen LogP contribution in [0.15, 0.2) is 30.7 Å². The molecule has 0 aromatic carbocycles. The van der Waals surface area contributed by atoms with Crippen molar-refractivity contribution in [1.82, 2.24) is 29.0 Å². The van der Waals surface area contributed by atoms with Gasteiger partial charge in [0.2, 0.25) is 0 Å². The quantitative estimate of drug-likeness (QED) is 0.437. The van der Waals surface area contributed by atoms with Gasteiger partial charge in [-0.15, -0.1) is 0 Å². The maximum atomic E-state index is 14.1. The van der Waals surface area contributed by atoms with E-state index in [-0.39, 0.29) is 33.6 Å². The number of aromatic nitrogens is 5. The van der Waals surface area contributed by atoms with Crippen LogP contribution < -0.4 is 0 Å². The van der Waals surface area contributed by atoms with Gasteiger partial charge in [-0.1, -0.05) is 12.8 Å². The van der Waals surface area contributed by atoms with Crippen LogP contribution >= 0.6 is 0 Å². The van der Waals surface area contributed by atoms with Crippen molar-refractivity contribution in [2.24, 2.45) is 0 Å². The zero-order chi connectivity index (χ0) is 24.0. The highest BCUT2D eigenvalue weighted by Crippen LogP contribution is 2.32. The molecule has 4 aromatic rings. The number of nitrogens with zero attached hydrogens (tertiary/aromatic N) is 6. The molecule has 1 aliphatic rings. The molecule has 0 radical (unpaired) electrons. The summed E-state index contributed by atoms with van der Waals surface area (Å²) in [6.45, 7) is -0.0635. The van der Waals surface area contributed by atoms with Crippen LogP contribution in [0.3, 0.4) is 0 Å². The van der Waals surface area contributed by atoms with Gasteiger partial charge in [0.05, 0.1) is 23.1 Å². The molecule has 5 rings (SSSR count). The lowest BCUT2D eigenvalue weighted by atomic mass is 10.2. The second-order valence-corrected chi connectivity index (χ2v) is 8.41. The van der Waals surface area contributed by atoms with Gasteiger partial charge in [-0.25, -0.2) is 13.8 Å². The van der Waals surface area contributed by atoms with Gasteiger partial charge >= 0.3 is 6.18 Å². The molecule has 0 saturated carbocycles. The molecule has 4 aromatic heterocycles. The van der Waals surface area contributed by atoms with Gasteiger partial charge in [-0.05, 0) is 18.9 Å². The zero-order valence-electron chi connectivity index (χ0n) is 17.9. The number of aliphatic hydroxyl groups excluding tert-OH is 1. The minimum atomic E-state index is -4.57. The van der Waals surface area contributed by atoms with Crippen molar-refractivity contribution in [2.75, 3.05) is 13.1 Å². The summed E-state index contributed by atoms with van der Waals surface area (Å²) in [5, 5.41) is 15.2. The number of hydrogen-bond donors (Lipinski definition) is 1. The molecule has 0 aliphatic carbocycles. The summed E-state index contributed by atoms with van der Waals surface area (Å²) < 4.78 is 69.8. The first-order valence-electron chi connectivity index (χ1n) is 10.9. The van der Waals surface area contributed by atoms with Crippen molar-refractivity contribution in [3.63, 3.8) is 0 Å². The lowest BCUT2D eigenvalue weighted by Crippen LogP contribution is -2.30. The number of halogens is 5.